The number of pyridine rings is 1. The lowest BCUT2D eigenvalue weighted by atomic mass is 9.84. The number of ether oxygens (including phenoxy) is 2. The molecule has 2 atom stereocenters. The smallest absolute Gasteiger partial charge is 0.253 e. The van der Waals surface area contributed by atoms with Gasteiger partial charge >= 0.3 is 0 Å². The molecular weight excluding hydrogens is 488 g/mol. The summed E-state index contributed by atoms with van der Waals surface area (Å²) in [6.45, 7) is 5.07. The number of nitrogens with one attached hydrogen (secondary N) is 1. The molecule has 3 aliphatic rings. The summed E-state index contributed by atoms with van der Waals surface area (Å²) in [5.41, 5.74) is 8.65. The minimum atomic E-state index is 0.0443. The maximum absolute atomic E-state index is 13.0. The largest absolute Gasteiger partial charge is 0.493 e. The molecule has 200 valence electrons. The minimum Gasteiger partial charge on any atom is -0.493 e. The highest BCUT2D eigenvalue weighted by atomic mass is 16.5. The van der Waals surface area contributed by atoms with E-state index in [1.165, 1.54) is 11.1 Å². The third-order valence-corrected chi connectivity index (χ3v) is 8.54. The second-order valence-electron chi connectivity index (χ2n) is 11.4. The number of carbonyl (C=O) groups excluding carboxylic acids is 1. The third kappa shape index (κ3) is 4.49. The normalized spacial score (nSPS) is 20.6. The average Bonchev–Trinajstić information content (AvgIpc) is 3.62. The quantitative estimate of drug-likeness (QED) is 0.384. The predicted molar refractivity (Wildman–Crippen MR) is 152 cm³/mol. The van der Waals surface area contributed by atoms with Gasteiger partial charge in [-0.05, 0) is 66.9 Å². The van der Waals surface area contributed by atoms with Gasteiger partial charge in [0, 0.05) is 85.2 Å². The molecule has 7 heteroatoms. The summed E-state index contributed by atoms with van der Waals surface area (Å²) in [6, 6.07) is 14.6. The Kier molecular flexibility index (Phi) is 6.13. The van der Waals surface area contributed by atoms with Crippen molar-refractivity contribution in [3.05, 3.63) is 71.5 Å². The highest BCUT2D eigenvalue weighted by Crippen LogP contribution is 2.43. The van der Waals surface area contributed by atoms with Crippen LogP contribution in [-0.2, 0) is 11.3 Å². The van der Waals surface area contributed by atoms with Gasteiger partial charge in [-0.1, -0.05) is 12.1 Å². The van der Waals surface area contributed by atoms with Gasteiger partial charge in [0.25, 0.3) is 5.91 Å². The lowest BCUT2D eigenvalue weighted by Gasteiger charge is -2.36. The number of hydrogen-bond donors (Lipinski definition) is 1. The van der Waals surface area contributed by atoms with Crippen LogP contribution in [0.1, 0.15) is 40.2 Å². The van der Waals surface area contributed by atoms with E-state index in [2.05, 4.69) is 35.1 Å². The van der Waals surface area contributed by atoms with Crippen molar-refractivity contribution in [3.63, 3.8) is 0 Å². The third-order valence-electron chi connectivity index (χ3n) is 8.54. The van der Waals surface area contributed by atoms with Crippen molar-refractivity contribution < 1.29 is 14.3 Å². The first kappa shape index (κ1) is 24.4. The Morgan fingerprint density at radius 1 is 1.10 bits per heavy atom. The van der Waals surface area contributed by atoms with E-state index >= 15 is 0 Å². The molecule has 5 heterocycles. The lowest BCUT2D eigenvalue weighted by Crippen LogP contribution is -2.33. The molecule has 0 saturated carbocycles. The molecule has 7 nitrogen and oxygen atoms in total. The summed E-state index contributed by atoms with van der Waals surface area (Å²) in [6.07, 6.45) is 6.05. The van der Waals surface area contributed by atoms with Crippen molar-refractivity contribution >= 4 is 16.9 Å². The van der Waals surface area contributed by atoms with Crippen LogP contribution in [0.2, 0.25) is 0 Å². The number of aromatic nitrogens is 2. The zero-order chi connectivity index (χ0) is 26.5. The van der Waals surface area contributed by atoms with Crippen LogP contribution in [0, 0.1) is 5.92 Å². The molecule has 1 saturated heterocycles. The molecule has 1 N–H and O–H groups in total. The second-order valence-corrected chi connectivity index (χ2v) is 11.4. The van der Waals surface area contributed by atoms with Crippen molar-refractivity contribution in [2.75, 3.05) is 47.0 Å². The molecule has 1 fully saturated rings. The summed E-state index contributed by atoms with van der Waals surface area (Å²) in [7, 11) is 4.07. The van der Waals surface area contributed by atoms with Crippen molar-refractivity contribution in [1.82, 2.24) is 19.8 Å². The highest BCUT2D eigenvalue weighted by molar-refractivity contribution is 5.98. The van der Waals surface area contributed by atoms with Crippen molar-refractivity contribution in [3.8, 4) is 28.0 Å². The Labute approximate surface area is 228 Å². The van der Waals surface area contributed by atoms with E-state index in [0.717, 1.165) is 91.3 Å². The van der Waals surface area contributed by atoms with Gasteiger partial charge in [0.1, 0.15) is 11.4 Å². The fourth-order valence-corrected chi connectivity index (χ4v) is 6.54. The first-order valence-electron chi connectivity index (χ1n) is 13.9. The zero-order valence-electron chi connectivity index (χ0n) is 22.6. The number of rotatable bonds is 5. The van der Waals surface area contributed by atoms with Gasteiger partial charge in [-0.3, -0.25) is 4.79 Å². The number of hydrogen-bond acceptors (Lipinski definition) is 5. The summed E-state index contributed by atoms with van der Waals surface area (Å²) in [5, 5.41) is 1.06. The van der Waals surface area contributed by atoms with Gasteiger partial charge in [0.05, 0.1) is 13.2 Å². The molecule has 0 bridgehead atoms. The van der Waals surface area contributed by atoms with Gasteiger partial charge in [-0.15, -0.1) is 0 Å². The van der Waals surface area contributed by atoms with Gasteiger partial charge in [0.2, 0.25) is 0 Å². The van der Waals surface area contributed by atoms with Gasteiger partial charge in [-0.25, -0.2) is 4.98 Å². The van der Waals surface area contributed by atoms with E-state index in [1.54, 1.807) is 0 Å². The number of benzene rings is 2. The maximum atomic E-state index is 13.0. The molecule has 3 aliphatic heterocycles. The Hall–Kier alpha value is -3.68. The van der Waals surface area contributed by atoms with E-state index < -0.39 is 0 Å². The number of likely N-dealkylation sites (N-methyl/N-ethyl adjacent to an activating group) is 1. The molecule has 0 radical (unpaired) electrons. The van der Waals surface area contributed by atoms with Gasteiger partial charge < -0.3 is 24.3 Å². The Bertz CT molecular complexity index is 1540. The molecule has 39 heavy (non-hydrogen) atoms. The summed E-state index contributed by atoms with van der Waals surface area (Å²) >= 11 is 0. The average molecular weight is 523 g/mol. The van der Waals surface area contributed by atoms with Gasteiger partial charge in [-0.2, -0.15) is 0 Å². The second kappa shape index (κ2) is 9.81. The van der Waals surface area contributed by atoms with E-state index in [4.69, 9.17) is 14.5 Å². The van der Waals surface area contributed by atoms with Crippen LogP contribution in [-0.4, -0.2) is 72.7 Å². The first-order chi connectivity index (χ1) is 19.0. The molecule has 2 aromatic carbocycles. The number of carbonyl (C=O) groups is 1. The number of aromatic amines is 1. The van der Waals surface area contributed by atoms with E-state index in [-0.39, 0.29) is 5.91 Å². The fraction of sp³-hybridized carbons (Fsp3) is 0.375. The van der Waals surface area contributed by atoms with Crippen molar-refractivity contribution in [2.24, 2.45) is 5.92 Å². The Morgan fingerprint density at radius 3 is 2.79 bits per heavy atom. The number of H-pyrrole nitrogens is 1. The molecule has 2 unspecified atom stereocenters. The predicted octanol–water partition coefficient (Wildman–Crippen LogP) is 5.32. The van der Waals surface area contributed by atoms with Crippen LogP contribution in [0.25, 0.3) is 33.3 Å². The van der Waals surface area contributed by atoms with Crippen molar-refractivity contribution in [1.29, 1.82) is 0 Å². The van der Waals surface area contributed by atoms with Crippen LogP contribution in [0.5, 0.6) is 5.75 Å². The first-order valence-corrected chi connectivity index (χ1v) is 13.9. The van der Waals surface area contributed by atoms with Crippen LogP contribution in [0.15, 0.2) is 54.9 Å². The lowest BCUT2D eigenvalue weighted by molar-refractivity contribution is 0.0766. The van der Waals surface area contributed by atoms with Crippen LogP contribution < -0.4 is 4.74 Å². The summed E-state index contributed by atoms with van der Waals surface area (Å²) in [5.74, 6) is 2.06. The SMILES string of the molecule is CN1Cc2cc(-c3cnc4[nH]cc(-c5ccc(C(=O)N(C)CC6CCOC6)cc5)c4c3)cc3c2C(CCO3)C1. The number of nitrogens with zero attached hydrogens (tertiary/aromatic N) is 3. The maximum Gasteiger partial charge on any atom is 0.253 e. The van der Waals surface area contributed by atoms with E-state index in [9.17, 15) is 4.79 Å². The molecule has 2 aromatic heterocycles. The van der Waals surface area contributed by atoms with Crippen LogP contribution >= 0.6 is 0 Å². The minimum absolute atomic E-state index is 0.0443. The van der Waals surface area contributed by atoms with E-state index in [1.807, 2.05) is 48.6 Å². The molecule has 0 spiro atoms. The number of fused-ring (bicyclic) bond motifs is 1. The molecule has 1 amide bonds. The topological polar surface area (TPSA) is 70.7 Å². The zero-order valence-corrected chi connectivity index (χ0v) is 22.6. The van der Waals surface area contributed by atoms with Crippen LogP contribution in [0.3, 0.4) is 0 Å². The summed E-state index contributed by atoms with van der Waals surface area (Å²) in [4.78, 5) is 25.3. The number of amides is 1. The van der Waals surface area contributed by atoms with Crippen molar-refractivity contribution in [2.45, 2.75) is 25.3 Å². The highest BCUT2D eigenvalue weighted by Gasteiger charge is 2.30. The Balaban J connectivity index is 1.18. The fourth-order valence-electron chi connectivity index (χ4n) is 6.54. The molecule has 0 aliphatic carbocycles. The molecule has 7 rings (SSSR count). The van der Waals surface area contributed by atoms with E-state index in [0.29, 0.717) is 17.4 Å². The van der Waals surface area contributed by atoms with Crippen LogP contribution in [0.4, 0.5) is 0 Å². The standard InChI is InChI=1S/C32H34N4O3/c1-35-17-23-8-10-39-29-13-24(11-26(18-35)30(23)29)25-12-27-28(15-34-31(27)33-14-25)21-3-5-22(6-4-21)32(37)36(2)16-20-7-9-38-19-20/h3-6,11-15,20,23H,7-10,16-19H2,1-2H3,(H,33,34). The summed E-state index contributed by atoms with van der Waals surface area (Å²) < 4.78 is 11.6. The monoisotopic (exact) mass is 522 g/mol. The molecular formula is C32H34N4O3. The Morgan fingerprint density at radius 2 is 1.97 bits per heavy atom. The molecule has 4 aromatic rings. The van der Waals surface area contributed by atoms with Gasteiger partial charge in [0.15, 0.2) is 0 Å².